The number of carbonyl (C=O) groups is 2. The molecule has 0 aromatic rings. The summed E-state index contributed by atoms with van der Waals surface area (Å²) in [5.74, 6) is -0.0784. The molecule has 184 valence electrons. The fraction of sp³-hybridized carbons (Fsp3) is 0.586. The number of carbonyl (C=O) groups excluding carboxylic acids is 2. The summed E-state index contributed by atoms with van der Waals surface area (Å²) in [6.45, 7) is 6.70. The lowest BCUT2D eigenvalue weighted by atomic mass is 9.84. The third-order valence-corrected chi connectivity index (χ3v) is 6.03. The first-order valence-corrected chi connectivity index (χ1v) is 12.7. The van der Waals surface area contributed by atoms with Gasteiger partial charge >= 0.3 is 0 Å². The minimum Gasteiger partial charge on any atom is -0.369 e. The van der Waals surface area contributed by atoms with E-state index in [4.69, 9.17) is 5.73 Å². The van der Waals surface area contributed by atoms with Crippen molar-refractivity contribution >= 4 is 11.8 Å². The van der Waals surface area contributed by atoms with Crippen LogP contribution in [0.1, 0.15) is 91.4 Å². The van der Waals surface area contributed by atoms with Gasteiger partial charge in [0.25, 0.3) is 0 Å². The second-order valence-electron chi connectivity index (χ2n) is 9.44. The zero-order chi connectivity index (χ0) is 24.4. The Morgan fingerprint density at radius 3 is 1.91 bits per heavy atom. The van der Waals surface area contributed by atoms with Crippen molar-refractivity contribution in [1.29, 1.82) is 0 Å². The molecule has 0 aliphatic carbocycles. The van der Waals surface area contributed by atoms with E-state index in [9.17, 15) is 9.59 Å². The van der Waals surface area contributed by atoms with Gasteiger partial charge in [0.05, 0.1) is 0 Å². The SMILES string of the molecule is CC/C=C\C/C=C\C/C=C\C/C=C\C/C=C\CCCC(=O)N1CCC[C@@H]1CC(C)(C)C(N)=O. The number of likely N-dealkylation sites (tertiary alicyclic amines) is 1. The minimum absolute atomic E-state index is 0.147. The number of hydrogen-bond donors (Lipinski definition) is 1. The zero-order valence-corrected chi connectivity index (χ0v) is 21.2. The Bertz CT molecular complexity index is 713. The predicted octanol–water partition coefficient (Wildman–Crippen LogP) is 6.80. The van der Waals surface area contributed by atoms with Crippen LogP contribution in [0.3, 0.4) is 0 Å². The van der Waals surface area contributed by atoms with Gasteiger partial charge < -0.3 is 10.6 Å². The van der Waals surface area contributed by atoms with E-state index in [1.54, 1.807) is 0 Å². The molecule has 1 aliphatic heterocycles. The molecule has 1 saturated heterocycles. The highest BCUT2D eigenvalue weighted by Crippen LogP contribution is 2.30. The van der Waals surface area contributed by atoms with Crippen LogP contribution in [0.5, 0.6) is 0 Å². The molecule has 0 bridgehead atoms. The maximum absolute atomic E-state index is 12.6. The maximum Gasteiger partial charge on any atom is 0.223 e. The molecule has 0 aromatic heterocycles. The van der Waals surface area contributed by atoms with Crippen molar-refractivity contribution in [3.63, 3.8) is 0 Å². The minimum atomic E-state index is -0.567. The lowest BCUT2D eigenvalue weighted by Gasteiger charge is -2.31. The fourth-order valence-corrected chi connectivity index (χ4v) is 3.95. The van der Waals surface area contributed by atoms with Gasteiger partial charge in [-0.05, 0) is 64.2 Å². The monoisotopic (exact) mass is 454 g/mol. The van der Waals surface area contributed by atoms with Gasteiger partial charge in [-0.3, -0.25) is 9.59 Å². The van der Waals surface area contributed by atoms with Gasteiger partial charge in [0.1, 0.15) is 0 Å². The molecule has 1 atom stereocenters. The van der Waals surface area contributed by atoms with Gasteiger partial charge in [0.2, 0.25) is 11.8 Å². The maximum atomic E-state index is 12.6. The number of hydrogen-bond acceptors (Lipinski definition) is 2. The quantitative estimate of drug-likeness (QED) is 0.206. The summed E-state index contributed by atoms with van der Waals surface area (Å²) in [6.07, 6.45) is 32.0. The molecular weight excluding hydrogens is 408 g/mol. The first-order chi connectivity index (χ1) is 15.9. The highest BCUT2D eigenvalue weighted by atomic mass is 16.2. The average Bonchev–Trinajstić information content (AvgIpc) is 3.23. The molecule has 4 nitrogen and oxygen atoms in total. The number of rotatable bonds is 16. The summed E-state index contributed by atoms with van der Waals surface area (Å²) in [5.41, 5.74) is 4.95. The van der Waals surface area contributed by atoms with Crippen molar-refractivity contribution < 1.29 is 9.59 Å². The van der Waals surface area contributed by atoms with Crippen LogP contribution in [0, 0.1) is 5.41 Å². The second-order valence-corrected chi connectivity index (χ2v) is 9.44. The number of primary amides is 1. The van der Waals surface area contributed by atoms with Crippen LogP contribution in [0.15, 0.2) is 60.8 Å². The largest absolute Gasteiger partial charge is 0.369 e. The highest BCUT2D eigenvalue weighted by Gasteiger charge is 2.35. The number of allylic oxidation sites excluding steroid dienone is 10. The zero-order valence-electron chi connectivity index (χ0n) is 21.2. The van der Waals surface area contributed by atoms with E-state index in [0.29, 0.717) is 12.8 Å². The van der Waals surface area contributed by atoms with Crippen LogP contribution >= 0.6 is 0 Å². The first-order valence-electron chi connectivity index (χ1n) is 12.7. The van der Waals surface area contributed by atoms with Crippen molar-refractivity contribution in [3.8, 4) is 0 Å². The van der Waals surface area contributed by atoms with E-state index in [2.05, 4.69) is 67.7 Å². The summed E-state index contributed by atoms with van der Waals surface area (Å²) in [7, 11) is 0. The second kappa shape index (κ2) is 17.2. The Labute approximate surface area is 202 Å². The highest BCUT2D eigenvalue weighted by molar-refractivity contribution is 5.80. The molecule has 1 heterocycles. The summed E-state index contributed by atoms with van der Waals surface area (Å²) in [6, 6.07) is 0.147. The normalized spacial score (nSPS) is 17.7. The van der Waals surface area contributed by atoms with Crippen LogP contribution in [0.2, 0.25) is 0 Å². The number of unbranched alkanes of at least 4 members (excludes halogenated alkanes) is 1. The Balaban J connectivity index is 2.14. The van der Waals surface area contributed by atoms with Crippen LogP contribution in [-0.4, -0.2) is 29.3 Å². The average molecular weight is 455 g/mol. The Kier molecular flexibility index (Phi) is 14.9. The summed E-state index contributed by atoms with van der Waals surface area (Å²) >= 11 is 0. The molecular formula is C29H46N2O2. The van der Waals surface area contributed by atoms with Crippen molar-refractivity contribution in [2.45, 2.75) is 97.4 Å². The fourth-order valence-electron chi connectivity index (χ4n) is 3.95. The summed E-state index contributed by atoms with van der Waals surface area (Å²) in [5, 5.41) is 0. The van der Waals surface area contributed by atoms with Gasteiger partial charge in [0.15, 0.2) is 0 Å². The van der Waals surface area contributed by atoms with Crippen LogP contribution in [-0.2, 0) is 9.59 Å². The first kappa shape index (κ1) is 28.7. The van der Waals surface area contributed by atoms with Crippen LogP contribution in [0.4, 0.5) is 0 Å². The molecule has 0 saturated carbocycles. The molecule has 33 heavy (non-hydrogen) atoms. The molecule has 1 aliphatic rings. The third-order valence-electron chi connectivity index (χ3n) is 6.03. The van der Waals surface area contributed by atoms with Gasteiger partial charge in [-0.15, -0.1) is 0 Å². The molecule has 4 heteroatoms. The molecule has 2 N–H and O–H groups in total. The van der Waals surface area contributed by atoms with E-state index in [0.717, 1.165) is 64.3 Å². The number of amides is 2. The van der Waals surface area contributed by atoms with Crippen molar-refractivity contribution in [3.05, 3.63) is 60.8 Å². The smallest absolute Gasteiger partial charge is 0.223 e. The van der Waals surface area contributed by atoms with Gasteiger partial charge in [-0.2, -0.15) is 0 Å². The van der Waals surface area contributed by atoms with Crippen molar-refractivity contribution in [1.82, 2.24) is 4.90 Å². The molecule has 0 unspecified atom stereocenters. The molecule has 0 spiro atoms. The third kappa shape index (κ3) is 13.1. The molecule has 0 aromatic carbocycles. The van der Waals surface area contributed by atoms with Gasteiger partial charge in [-0.25, -0.2) is 0 Å². The van der Waals surface area contributed by atoms with Gasteiger partial charge in [-0.1, -0.05) is 81.5 Å². The van der Waals surface area contributed by atoms with E-state index in [1.165, 1.54) is 0 Å². The number of nitrogens with zero attached hydrogens (tertiary/aromatic N) is 1. The lowest BCUT2D eigenvalue weighted by Crippen LogP contribution is -2.41. The van der Waals surface area contributed by atoms with E-state index >= 15 is 0 Å². The van der Waals surface area contributed by atoms with E-state index < -0.39 is 5.41 Å². The van der Waals surface area contributed by atoms with Gasteiger partial charge in [0, 0.05) is 24.4 Å². The topological polar surface area (TPSA) is 63.4 Å². The van der Waals surface area contributed by atoms with Crippen LogP contribution < -0.4 is 5.73 Å². The Hall–Kier alpha value is -2.36. The predicted molar refractivity (Wildman–Crippen MR) is 141 cm³/mol. The standard InChI is InChI=1S/C29H46N2O2/c1-4-5-6-7-8-9-10-11-12-13-14-15-16-17-18-19-20-23-27(32)31-24-21-22-26(31)25-29(2,3)28(30)33/h5-6,8-9,11-12,14-15,17-18,26H,4,7,10,13,16,19-25H2,1-3H3,(H2,30,33)/b6-5-,9-8-,12-11-,15-14-,18-17-/t26-/m1/s1. The van der Waals surface area contributed by atoms with E-state index in [-0.39, 0.29) is 17.9 Å². The molecule has 0 radical (unpaired) electrons. The Morgan fingerprint density at radius 2 is 1.39 bits per heavy atom. The molecule has 2 amide bonds. The Morgan fingerprint density at radius 1 is 0.879 bits per heavy atom. The van der Waals surface area contributed by atoms with E-state index in [1.807, 2.05) is 18.7 Å². The van der Waals surface area contributed by atoms with Crippen LogP contribution in [0.25, 0.3) is 0 Å². The van der Waals surface area contributed by atoms with Crippen molar-refractivity contribution in [2.24, 2.45) is 11.1 Å². The summed E-state index contributed by atoms with van der Waals surface area (Å²) < 4.78 is 0. The summed E-state index contributed by atoms with van der Waals surface area (Å²) in [4.78, 5) is 26.2. The lowest BCUT2D eigenvalue weighted by molar-refractivity contribution is -0.134. The van der Waals surface area contributed by atoms with Crippen molar-refractivity contribution in [2.75, 3.05) is 6.54 Å². The number of nitrogens with two attached hydrogens (primary N) is 1. The molecule has 1 fully saturated rings. The molecule has 1 rings (SSSR count).